The number of carbonyl (C=O) groups is 1. The van der Waals surface area contributed by atoms with E-state index in [1.54, 1.807) is 0 Å². The third kappa shape index (κ3) is 1.74. The Morgan fingerprint density at radius 2 is 1.67 bits per heavy atom. The third-order valence-corrected chi connectivity index (χ3v) is 4.58. The highest BCUT2D eigenvalue weighted by atomic mass is 16.1. The summed E-state index contributed by atoms with van der Waals surface area (Å²) in [5.74, 6) is 0. The molecule has 0 unspecified atom stereocenters. The second-order valence-corrected chi connectivity index (χ2v) is 5.77. The fraction of sp³-hybridized carbons (Fsp3) is 0.150. The van der Waals surface area contributed by atoms with E-state index in [9.17, 15) is 4.79 Å². The number of hydrogen-bond donors (Lipinski definition) is 0. The summed E-state index contributed by atoms with van der Waals surface area (Å²) in [6, 6.07) is 16.9. The van der Waals surface area contributed by atoms with Gasteiger partial charge in [-0.1, -0.05) is 48.5 Å². The topological polar surface area (TPSA) is 17.1 Å². The average molecular weight is 272 g/mol. The molecule has 0 atom stereocenters. The van der Waals surface area contributed by atoms with Crippen LogP contribution in [0.4, 0.5) is 0 Å². The monoisotopic (exact) mass is 272 g/mol. The Hall–Kier alpha value is -2.41. The van der Waals surface area contributed by atoms with E-state index >= 15 is 0 Å². The Kier molecular flexibility index (Phi) is 2.68. The molecule has 0 saturated heterocycles. The summed E-state index contributed by atoms with van der Waals surface area (Å²) in [5.41, 5.74) is 7.05. The van der Waals surface area contributed by atoms with Crippen molar-refractivity contribution in [3.05, 3.63) is 70.8 Å². The number of carbonyl (C=O) groups excluding carboxylic acids is 1. The zero-order valence-electron chi connectivity index (χ0n) is 12.0. The second-order valence-electron chi connectivity index (χ2n) is 5.77. The van der Waals surface area contributed by atoms with E-state index in [0.29, 0.717) is 0 Å². The molecule has 0 spiro atoms. The van der Waals surface area contributed by atoms with Crippen LogP contribution in [0.15, 0.2) is 48.5 Å². The molecule has 1 nitrogen and oxygen atoms in total. The van der Waals surface area contributed by atoms with Crippen molar-refractivity contribution in [2.45, 2.75) is 19.8 Å². The molecule has 3 aromatic carbocycles. The highest BCUT2D eigenvalue weighted by Gasteiger charge is 2.18. The summed E-state index contributed by atoms with van der Waals surface area (Å²) < 4.78 is 0. The van der Waals surface area contributed by atoms with Crippen LogP contribution in [0.25, 0.3) is 21.9 Å². The summed E-state index contributed by atoms with van der Waals surface area (Å²) in [6.45, 7) is 2.07. The minimum Gasteiger partial charge on any atom is -0.298 e. The van der Waals surface area contributed by atoms with Gasteiger partial charge in [0.1, 0.15) is 0 Å². The minimum absolute atomic E-state index is 0.772. The molecule has 1 aliphatic carbocycles. The minimum atomic E-state index is 0.772. The van der Waals surface area contributed by atoms with Crippen LogP contribution in [0.5, 0.6) is 0 Å². The van der Waals surface area contributed by atoms with Crippen LogP contribution in [-0.4, -0.2) is 6.29 Å². The molecular weight excluding hydrogens is 256 g/mol. The highest BCUT2D eigenvalue weighted by molar-refractivity contribution is 6.04. The molecule has 0 bridgehead atoms. The molecule has 0 amide bonds. The predicted molar refractivity (Wildman–Crippen MR) is 86.9 cm³/mol. The van der Waals surface area contributed by atoms with Gasteiger partial charge in [-0.05, 0) is 58.4 Å². The van der Waals surface area contributed by atoms with Crippen molar-refractivity contribution in [3.8, 4) is 11.1 Å². The lowest BCUT2D eigenvalue weighted by molar-refractivity contribution is 0.112. The molecule has 0 aliphatic heterocycles. The Labute approximate surface area is 124 Å². The Balaban J connectivity index is 2.12. The molecule has 1 aliphatic rings. The zero-order valence-corrected chi connectivity index (χ0v) is 12.0. The van der Waals surface area contributed by atoms with E-state index in [1.165, 1.54) is 27.5 Å². The quantitative estimate of drug-likeness (QED) is 0.616. The van der Waals surface area contributed by atoms with Crippen LogP contribution in [0.3, 0.4) is 0 Å². The van der Waals surface area contributed by atoms with Crippen molar-refractivity contribution in [3.63, 3.8) is 0 Å². The van der Waals surface area contributed by atoms with Crippen LogP contribution in [0.1, 0.15) is 27.0 Å². The number of hydrogen-bond acceptors (Lipinski definition) is 1. The molecular formula is C20H16O. The molecule has 0 fully saturated rings. The summed E-state index contributed by atoms with van der Waals surface area (Å²) in [6.07, 6.45) is 3.22. The van der Waals surface area contributed by atoms with Crippen molar-refractivity contribution in [1.82, 2.24) is 0 Å². The first kappa shape index (κ1) is 12.3. The Morgan fingerprint density at radius 1 is 0.905 bits per heavy atom. The maximum absolute atomic E-state index is 11.4. The van der Waals surface area contributed by atoms with E-state index in [0.717, 1.165) is 35.8 Å². The third-order valence-electron chi connectivity index (χ3n) is 4.58. The Morgan fingerprint density at radius 3 is 2.48 bits per heavy atom. The molecule has 0 aromatic heterocycles. The van der Waals surface area contributed by atoms with Crippen LogP contribution in [0.2, 0.25) is 0 Å². The first-order chi connectivity index (χ1) is 10.3. The van der Waals surface area contributed by atoms with Gasteiger partial charge in [0.15, 0.2) is 6.29 Å². The fourth-order valence-corrected chi connectivity index (χ4v) is 3.62. The molecule has 3 aromatic rings. The van der Waals surface area contributed by atoms with Crippen LogP contribution >= 0.6 is 0 Å². The summed E-state index contributed by atoms with van der Waals surface area (Å²) in [4.78, 5) is 11.4. The molecule has 102 valence electrons. The van der Waals surface area contributed by atoms with Gasteiger partial charge in [0.2, 0.25) is 0 Å². The van der Waals surface area contributed by atoms with Gasteiger partial charge in [0.25, 0.3) is 0 Å². The van der Waals surface area contributed by atoms with Crippen LogP contribution in [-0.2, 0) is 12.8 Å². The lowest BCUT2D eigenvalue weighted by Crippen LogP contribution is -1.93. The summed E-state index contributed by atoms with van der Waals surface area (Å²) in [5, 5.41) is 2.68. The normalized spacial score (nSPS) is 12.8. The fourth-order valence-electron chi connectivity index (χ4n) is 3.62. The van der Waals surface area contributed by atoms with Crippen molar-refractivity contribution < 1.29 is 4.79 Å². The van der Waals surface area contributed by atoms with Gasteiger partial charge >= 0.3 is 0 Å². The van der Waals surface area contributed by atoms with Crippen molar-refractivity contribution in [1.29, 1.82) is 0 Å². The van der Waals surface area contributed by atoms with E-state index in [1.807, 2.05) is 12.1 Å². The maximum Gasteiger partial charge on any atom is 0.150 e. The van der Waals surface area contributed by atoms with Gasteiger partial charge in [-0.3, -0.25) is 4.79 Å². The molecule has 4 rings (SSSR count). The average Bonchev–Trinajstić information content (AvgIpc) is 2.93. The van der Waals surface area contributed by atoms with Crippen molar-refractivity contribution in [2.24, 2.45) is 0 Å². The SMILES string of the molecule is Cc1cccc(C=O)c1-c1ccc2c3c(cccc13)CC2. The standard InChI is InChI=1S/C20H16O/c1-13-4-2-6-16(12-21)19(13)18-11-10-15-9-8-14-5-3-7-17(18)20(14)15/h2-7,10-12H,8-9H2,1H3. The van der Waals surface area contributed by atoms with Gasteiger partial charge in [-0.2, -0.15) is 0 Å². The van der Waals surface area contributed by atoms with Gasteiger partial charge in [-0.15, -0.1) is 0 Å². The van der Waals surface area contributed by atoms with Gasteiger partial charge < -0.3 is 0 Å². The number of benzene rings is 3. The Bertz CT molecular complexity index is 864. The lowest BCUT2D eigenvalue weighted by Gasteiger charge is -2.13. The zero-order chi connectivity index (χ0) is 14.4. The van der Waals surface area contributed by atoms with E-state index in [2.05, 4.69) is 43.3 Å². The van der Waals surface area contributed by atoms with Crippen molar-refractivity contribution in [2.75, 3.05) is 0 Å². The largest absolute Gasteiger partial charge is 0.298 e. The number of aldehydes is 1. The first-order valence-electron chi connectivity index (χ1n) is 7.38. The molecule has 0 heterocycles. The summed E-state index contributed by atoms with van der Waals surface area (Å²) >= 11 is 0. The van der Waals surface area contributed by atoms with Gasteiger partial charge in [-0.25, -0.2) is 0 Å². The molecule has 0 N–H and O–H groups in total. The second kappa shape index (κ2) is 4.56. The first-order valence-corrected chi connectivity index (χ1v) is 7.38. The van der Waals surface area contributed by atoms with E-state index in [4.69, 9.17) is 0 Å². The van der Waals surface area contributed by atoms with E-state index in [-0.39, 0.29) is 0 Å². The molecule has 0 radical (unpaired) electrons. The van der Waals surface area contributed by atoms with Crippen molar-refractivity contribution >= 4 is 17.1 Å². The highest BCUT2D eigenvalue weighted by Crippen LogP contribution is 2.38. The molecule has 21 heavy (non-hydrogen) atoms. The van der Waals surface area contributed by atoms with Crippen LogP contribution in [0, 0.1) is 6.92 Å². The predicted octanol–water partition coefficient (Wildman–Crippen LogP) is 4.73. The van der Waals surface area contributed by atoms with E-state index < -0.39 is 0 Å². The lowest BCUT2D eigenvalue weighted by atomic mass is 9.90. The summed E-state index contributed by atoms with van der Waals surface area (Å²) in [7, 11) is 0. The van der Waals surface area contributed by atoms with Gasteiger partial charge in [0, 0.05) is 5.56 Å². The van der Waals surface area contributed by atoms with Crippen LogP contribution < -0.4 is 0 Å². The molecule has 0 saturated carbocycles. The smallest absolute Gasteiger partial charge is 0.150 e. The molecule has 1 heteroatoms. The van der Waals surface area contributed by atoms with Gasteiger partial charge in [0.05, 0.1) is 0 Å². The maximum atomic E-state index is 11.4. The number of rotatable bonds is 2. The number of aryl methyl sites for hydroxylation is 3.